The molecule has 0 unspecified atom stereocenters. The van der Waals surface area contributed by atoms with E-state index >= 15 is 0 Å². The van der Waals surface area contributed by atoms with Crippen LogP contribution in [0.3, 0.4) is 0 Å². The minimum absolute atomic E-state index is 0.0179. The maximum absolute atomic E-state index is 14.2. The highest BCUT2D eigenvalue weighted by atomic mass is 32.2. The number of carbonyl (C=O) groups is 1. The standard InChI is InChI=1S/C32H37N5O6S/c1-2-3-9-20-34-31(39)32(19-23-44(40,41)26-11-5-4-6-12-26)29(27-13-7-8-14-28(27)36-37-33)43-30(35-32)24-15-17-25(18-16-24)42-22-10-21-38/h4-8,11-18,29,38H,2-3,9-10,19-23H2,1H3,(H,34,39)/t29-,32-/m1/s1. The second-order valence-corrected chi connectivity index (χ2v) is 12.5. The van der Waals surface area contributed by atoms with E-state index in [1.807, 2.05) is 0 Å². The minimum Gasteiger partial charge on any atom is -0.494 e. The Balaban J connectivity index is 1.79. The van der Waals surface area contributed by atoms with Gasteiger partial charge in [0, 0.05) is 47.7 Å². The maximum Gasteiger partial charge on any atom is 0.252 e. The van der Waals surface area contributed by atoms with E-state index < -0.39 is 27.4 Å². The number of hydrogen-bond acceptors (Lipinski definition) is 8. The third kappa shape index (κ3) is 7.76. The van der Waals surface area contributed by atoms with E-state index in [4.69, 9.17) is 19.6 Å². The molecule has 44 heavy (non-hydrogen) atoms. The summed E-state index contributed by atoms with van der Waals surface area (Å²) >= 11 is 0. The van der Waals surface area contributed by atoms with Crippen molar-refractivity contribution in [3.8, 4) is 5.75 Å². The number of unbranched alkanes of at least 4 members (excludes halogenated alkanes) is 2. The number of carbonyl (C=O) groups excluding carboxylic acids is 1. The topological polar surface area (TPSA) is 163 Å². The van der Waals surface area contributed by atoms with Crippen LogP contribution in [0.4, 0.5) is 5.69 Å². The molecule has 1 aliphatic heterocycles. The summed E-state index contributed by atoms with van der Waals surface area (Å²) in [6.07, 6.45) is 1.84. The van der Waals surface area contributed by atoms with Crippen molar-refractivity contribution in [2.45, 2.75) is 55.6 Å². The number of nitrogens with zero attached hydrogens (tertiary/aromatic N) is 4. The molecule has 0 aliphatic carbocycles. The molecule has 1 aliphatic rings. The summed E-state index contributed by atoms with van der Waals surface area (Å²) < 4.78 is 39.0. The Morgan fingerprint density at radius 1 is 1.07 bits per heavy atom. The summed E-state index contributed by atoms with van der Waals surface area (Å²) in [7, 11) is -3.79. The molecule has 1 amide bonds. The molecule has 3 aromatic carbocycles. The van der Waals surface area contributed by atoms with Gasteiger partial charge in [-0.25, -0.2) is 13.4 Å². The largest absolute Gasteiger partial charge is 0.494 e. The average molecular weight is 620 g/mol. The SMILES string of the molecule is CCCCCNC(=O)[C@]1(CCS(=O)(=O)c2ccccc2)N=C(c2ccc(OCCCO)cc2)O[C@@H]1c1ccccc1N=[N+]=[N-]. The predicted octanol–water partition coefficient (Wildman–Crippen LogP) is 5.82. The Morgan fingerprint density at radius 2 is 1.80 bits per heavy atom. The zero-order valence-corrected chi connectivity index (χ0v) is 25.4. The molecular weight excluding hydrogens is 582 g/mol. The highest BCUT2D eigenvalue weighted by Crippen LogP contribution is 2.46. The molecule has 3 aromatic rings. The molecule has 0 bridgehead atoms. The van der Waals surface area contributed by atoms with E-state index in [0.29, 0.717) is 36.4 Å². The van der Waals surface area contributed by atoms with Crippen LogP contribution in [0.5, 0.6) is 5.75 Å². The van der Waals surface area contributed by atoms with Crippen molar-refractivity contribution < 1.29 is 27.8 Å². The van der Waals surface area contributed by atoms with Gasteiger partial charge in [-0.2, -0.15) is 0 Å². The van der Waals surface area contributed by atoms with Crippen LogP contribution in [0.2, 0.25) is 0 Å². The summed E-state index contributed by atoms with van der Waals surface area (Å²) in [6.45, 7) is 2.81. The van der Waals surface area contributed by atoms with Gasteiger partial charge in [-0.05, 0) is 48.4 Å². The number of ether oxygens (including phenoxy) is 2. The van der Waals surface area contributed by atoms with Crippen molar-refractivity contribution in [1.29, 1.82) is 0 Å². The van der Waals surface area contributed by atoms with Gasteiger partial charge in [-0.3, -0.25) is 4.79 Å². The summed E-state index contributed by atoms with van der Waals surface area (Å²) in [5.74, 6) is -0.123. The molecular formula is C32H37N5O6S. The Labute approximate surface area is 257 Å². The molecule has 0 fully saturated rings. The number of rotatable bonds is 16. The monoisotopic (exact) mass is 619 g/mol. The van der Waals surface area contributed by atoms with E-state index in [2.05, 4.69) is 22.3 Å². The third-order valence-corrected chi connectivity index (χ3v) is 9.05. The lowest BCUT2D eigenvalue weighted by Gasteiger charge is -2.31. The number of aliphatic hydroxyl groups excluding tert-OH is 1. The molecule has 0 saturated heterocycles. The van der Waals surface area contributed by atoms with Gasteiger partial charge >= 0.3 is 0 Å². The number of benzene rings is 3. The van der Waals surface area contributed by atoms with Gasteiger partial charge in [0.2, 0.25) is 5.90 Å². The first-order valence-electron chi connectivity index (χ1n) is 14.7. The summed E-state index contributed by atoms with van der Waals surface area (Å²) in [4.78, 5) is 22.1. The van der Waals surface area contributed by atoms with E-state index in [-0.39, 0.29) is 35.3 Å². The zero-order valence-electron chi connectivity index (χ0n) is 24.6. The Bertz CT molecular complexity index is 1590. The first-order valence-corrected chi connectivity index (χ1v) is 16.3. The van der Waals surface area contributed by atoms with Crippen LogP contribution in [-0.4, -0.2) is 56.4 Å². The van der Waals surface area contributed by atoms with E-state index in [1.54, 1.807) is 66.7 Å². The Hall–Kier alpha value is -4.38. The number of aliphatic imine (C=N–C) groups is 1. The summed E-state index contributed by atoms with van der Waals surface area (Å²) in [5, 5.41) is 15.8. The summed E-state index contributed by atoms with van der Waals surface area (Å²) in [6, 6.07) is 21.7. The lowest BCUT2D eigenvalue weighted by atomic mass is 9.84. The van der Waals surface area contributed by atoms with Gasteiger partial charge in [0.1, 0.15) is 5.75 Å². The van der Waals surface area contributed by atoms with Crippen LogP contribution < -0.4 is 10.1 Å². The zero-order chi connectivity index (χ0) is 31.4. The lowest BCUT2D eigenvalue weighted by Crippen LogP contribution is -2.49. The first kappa shape index (κ1) is 32.5. The predicted molar refractivity (Wildman–Crippen MR) is 168 cm³/mol. The Morgan fingerprint density at radius 3 is 2.50 bits per heavy atom. The molecule has 11 nitrogen and oxygen atoms in total. The molecule has 1 heterocycles. The number of aliphatic hydroxyl groups is 1. The first-order chi connectivity index (χ1) is 21.3. The van der Waals surface area contributed by atoms with Crippen LogP contribution in [-0.2, 0) is 19.4 Å². The number of nitrogens with one attached hydrogen (secondary N) is 1. The molecule has 4 rings (SSSR count). The molecule has 0 aromatic heterocycles. The quantitative estimate of drug-likeness (QED) is 0.0888. The van der Waals surface area contributed by atoms with Crippen LogP contribution in [0, 0.1) is 0 Å². The van der Waals surface area contributed by atoms with Crippen LogP contribution in [0.1, 0.15) is 56.3 Å². The lowest BCUT2D eigenvalue weighted by molar-refractivity contribution is -0.129. The maximum atomic E-state index is 14.2. The number of hydrogen-bond donors (Lipinski definition) is 2. The molecule has 2 atom stereocenters. The van der Waals surface area contributed by atoms with Gasteiger partial charge < -0.3 is 19.9 Å². The van der Waals surface area contributed by atoms with Crippen LogP contribution in [0.25, 0.3) is 10.4 Å². The fraction of sp³-hybridized carbons (Fsp3) is 0.375. The minimum atomic E-state index is -3.79. The smallest absolute Gasteiger partial charge is 0.252 e. The molecule has 12 heteroatoms. The molecule has 0 radical (unpaired) electrons. The fourth-order valence-electron chi connectivity index (χ4n) is 4.96. The highest BCUT2D eigenvalue weighted by molar-refractivity contribution is 7.91. The molecule has 0 saturated carbocycles. The van der Waals surface area contributed by atoms with E-state index in [1.165, 1.54) is 12.1 Å². The van der Waals surface area contributed by atoms with Crippen molar-refractivity contribution in [2.24, 2.45) is 10.1 Å². The second kappa shape index (κ2) is 15.4. The Kier molecular flexibility index (Phi) is 11.4. The van der Waals surface area contributed by atoms with E-state index in [0.717, 1.165) is 19.3 Å². The fourth-order valence-corrected chi connectivity index (χ4v) is 6.35. The molecule has 2 N–H and O–H groups in total. The number of amides is 1. The van der Waals surface area contributed by atoms with Gasteiger partial charge in [-0.1, -0.05) is 67.3 Å². The van der Waals surface area contributed by atoms with Gasteiger partial charge in [0.15, 0.2) is 21.5 Å². The van der Waals surface area contributed by atoms with Crippen LogP contribution in [0.15, 0.2) is 93.9 Å². The van der Waals surface area contributed by atoms with Crippen molar-refractivity contribution in [2.75, 3.05) is 25.5 Å². The van der Waals surface area contributed by atoms with Gasteiger partial charge in [0.25, 0.3) is 5.91 Å². The molecule has 0 spiro atoms. The number of azide groups is 1. The van der Waals surface area contributed by atoms with Crippen molar-refractivity contribution in [3.63, 3.8) is 0 Å². The normalized spacial score (nSPS) is 17.7. The van der Waals surface area contributed by atoms with Crippen molar-refractivity contribution in [1.82, 2.24) is 5.32 Å². The average Bonchev–Trinajstić information content (AvgIpc) is 3.44. The third-order valence-electron chi connectivity index (χ3n) is 7.32. The second-order valence-electron chi connectivity index (χ2n) is 10.4. The summed E-state index contributed by atoms with van der Waals surface area (Å²) in [5.41, 5.74) is 8.79. The van der Waals surface area contributed by atoms with Crippen LogP contribution >= 0.6 is 0 Å². The number of sulfone groups is 1. The highest BCUT2D eigenvalue weighted by Gasteiger charge is 2.54. The van der Waals surface area contributed by atoms with Crippen molar-refractivity contribution in [3.05, 3.63) is 100 Å². The van der Waals surface area contributed by atoms with Gasteiger partial charge in [-0.15, -0.1) is 0 Å². The van der Waals surface area contributed by atoms with Gasteiger partial charge in [0.05, 0.1) is 17.3 Å². The van der Waals surface area contributed by atoms with E-state index in [9.17, 15) is 18.7 Å². The van der Waals surface area contributed by atoms with Crippen molar-refractivity contribution >= 4 is 27.3 Å². The molecule has 232 valence electrons.